The Labute approximate surface area is 156 Å². The molecule has 1 aromatic carbocycles. The summed E-state index contributed by atoms with van der Waals surface area (Å²) in [5.74, 6) is 0. The number of hydrogen-bond acceptors (Lipinski definition) is 4. The molecule has 0 radical (unpaired) electrons. The van der Waals surface area contributed by atoms with Gasteiger partial charge in [0, 0.05) is 28.7 Å². The smallest absolute Gasteiger partial charge is 0.387 e. The van der Waals surface area contributed by atoms with E-state index in [0.717, 1.165) is 18.1 Å². The molecule has 0 aliphatic rings. The molecule has 26 heavy (non-hydrogen) atoms. The van der Waals surface area contributed by atoms with Crippen LogP contribution in [0.15, 0.2) is 46.8 Å². The van der Waals surface area contributed by atoms with Crippen molar-refractivity contribution in [2.24, 2.45) is 4.99 Å². The maximum atomic E-state index is 13.2. The van der Waals surface area contributed by atoms with Crippen LogP contribution < -0.4 is 0 Å². The molecule has 0 aliphatic heterocycles. The van der Waals surface area contributed by atoms with Crippen molar-refractivity contribution >= 4 is 24.0 Å². The number of halogens is 3. The highest BCUT2D eigenvalue weighted by atomic mass is 32.2. The second-order valence-electron chi connectivity index (χ2n) is 6.68. The standard InChI is InChI=1S/C19H24F3NO2S/c1-7-16(14-10-8-9-11-15(14)19(20,21)22)23-12-13(2)26-25-18(5,6)17(3,4)24/h7-12,24H,2H2,1,3-6H3/b16-7-,23-12?. The highest BCUT2D eigenvalue weighted by molar-refractivity contribution is 7.99. The van der Waals surface area contributed by atoms with Crippen molar-refractivity contribution in [3.8, 4) is 0 Å². The van der Waals surface area contributed by atoms with Gasteiger partial charge in [0.1, 0.15) is 5.60 Å². The lowest BCUT2D eigenvalue weighted by atomic mass is 9.90. The molecule has 144 valence electrons. The monoisotopic (exact) mass is 387 g/mol. The molecule has 3 nitrogen and oxygen atoms in total. The summed E-state index contributed by atoms with van der Waals surface area (Å²) in [6, 6.07) is 5.26. The summed E-state index contributed by atoms with van der Waals surface area (Å²) in [5.41, 5.74) is -2.52. The fourth-order valence-corrected chi connectivity index (χ4v) is 2.29. The normalized spacial score (nSPS) is 14.1. The largest absolute Gasteiger partial charge is 0.417 e. The third-order valence-corrected chi connectivity index (χ3v) is 4.78. The van der Waals surface area contributed by atoms with E-state index in [1.54, 1.807) is 34.6 Å². The Morgan fingerprint density at radius 1 is 1.19 bits per heavy atom. The van der Waals surface area contributed by atoms with Crippen LogP contribution in [0.3, 0.4) is 0 Å². The van der Waals surface area contributed by atoms with Crippen LogP contribution in [0, 0.1) is 0 Å². The molecule has 0 heterocycles. The van der Waals surface area contributed by atoms with Gasteiger partial charge in [0.2, 0.25) is 0 Å². The number of hydrogen-bond donors (Lipinski definition) is 1. The Bertz CT molecular complexity index is 701. The lowest BCUT2D eigenvalue weighted by Crippen LogP contribution is -2.45. The van der Waals surface area contributed by atoms with Crippen LogP contribution in [0.2, 0.25) is 0 Å². The Morgan fingerprint density at radius 2 is 1.77 bits per heavy atom. The molecule has 0 spiro atoms. The molecule has 0 aromatic heterocycles. The minimum atomic E-state index is -4.47. The van der Waals surface area contributed by atoms with Crippen molar-refractivity contribution in [1.29, 1.82) is 0 Å². The van der Waals surface area contributed by atoms with E-state index in [2.05, 4.69) is 11.6 Å². The van der Waals surface area contributed by atoms with Gasteiger partial charge in [-0.25, -0.2) is 0 Å². The molecule has 0 bridgehead atoms. The SMILES string of the molecule is C=C(C=N/C(=C\C)c1ccccc1C(F)(F)F)SOC(C)(C)C(C)(C)O. The van der Waals surface area contributed by atoms with Crippen LogP contribution in [0.5, 0.6) is 0 Å². The molecule has 0 aliphatic carbocycles. The van der Waals surface area contributed by atoms with Gasteiger partial charge in [-0.05, 0) is 40.7 Å². The molecule has 1 N–H and O–H groups in total. The van der Waals surface area contributed by atoms with Gasteiger partial charge in [0.05, 0.1) is 16.9 Å². The van der Waals surface area contributed by atoms with Crippen LogP contribution in [0.25, 0.3) is 5.70 Å². The zero-order chi connectivity index (χ0) is 20.2. The average molecular weight is 387 g/mol. The van der Waals surface area contributed by atoms with E-state index in [-0.39, 0.29) is 11.3 Å². The van der Waals surface area contributed by atoms with Gasteiger partial charge in [-0.15, -0.1) is 0 Å². The van der Waals surface area contributed by atoms with Crippen LogP contribution in [-0.2, 0) is 10.4 Å². The van der Waals surface area contributed by atoms with Crippen molar-refractivity contribution in [2.75, 3.05) is 0 Å². The summed E-state index contributed by atoms with van der Waals surface area (Å²) >= 11 is 0.914. The Kier molecular flexibility index (Phi) is 7.27. The molecule has 0 amide bonds. The van der Waals surface area contributed by atoms with Gasteiger partial charge in [-0.2, -0.15) is 13.2 Å². The third kappa shape index (κ3) is 6.00. The zero-order valence-electron chi connectivity index (χ0n) is 15.5. The number of aliphatic imine (C=N–C) groups is 1. The summed E-state index contributed by atoms with van der Waals surface area (Å²) in [6.07, 6.45) is -1.62. The van der Waals surface area contributed by atoms with Gasteiger partial charge in [0.25, 0.3) is 0 Å². The Hall–Kier alpha value is -1.57. The molecule has 1 aromatic rings. The van der Waals surface area contributed by atoms with Crippen molar-refractivity contribution in [2.45, 2.75) is 52.0 Å². The number of benzene rings is 1. The lowest BCUT2D eigenvalue weighted by Gasteiger charge is -2.35. The molecule has 7 heteroatoms. The second-order valence-corrected chi connectivity index (χ2v) is 7.54. The minimum absolute atomic E-state index is 0.00529. The molecular weight excluding hydrogens is 363 g/mol. The lowest BCUT2D eigenvalue weighted by molar-refractivity contribution is -0.137. The first-order valence-electron chi connectivity index (χ1n) is 7.93. The first kappa shape index (κ1) is 22.5. The minimum Gasteiger partial charge on any atom is -0.387 e. The molecule has 0 atom stereocenters. The van der Waals surface area contributed by atoms with Gasteiger partial charge in [-0.3, -0.25) is 4.99 Å². The molecule has 1 rings (SSSR count). The number of nitrogens with zero attached hydrogens (tertiary/aromatic N) is 1. The predicted molar refractivity (Wildman–Crippen MR) is 102 cm³/mol. The molecular formula is C19H24F3NO2S. The van der Waals surface area contributed by atoms with E-state index >= 15 is 0 Å². The van der Waals surface area contributed by atoms with Gasteiger partial charge in [-0.1, -0.05) is 30.9 Å². The first-order valence-corrected chi connectivity index (χ1v) is 8.67. The van der Waals surface area contributed by atoms with Crippen molar-refractivity contribution in [1.82, 2.24) is 0 Å². The van der Waals surface area contributed by atoms with Gasteiger partial charge in [0.15, 0.2) is 0 Å². The Balaban J connectivity index is 2.92. The summed E-state index contributed by atoms with van der Waals surface area (Å²) in [5, 5.41) is 10.1. The van der Waals surface area contributed by atoms with E-state index in [4.69, 9.17) is 4.18 Å². The fourth-order valence-electron chi connectivity index (χ4n) is 1.68. The molecule has 0 saturated carbocycles. The Morgan fingerprint density at radius 3 is 2.27 bits per heavy atom. The van der Waals surface area contributed by atoms with E-state index in [1.165, 1.54) is 30.5 Å². The van der Waals surface area contributed by atoms with Crippen LogP contribution in [0.4, 0.5) is 13.2 Å². The number of allylic oxidation sites excluding steroid dienone is 2. The maximum absolute atomic E-state index is 13.2. The first-order chi connectivity index (χ1) is 11.8. The highest BCUT2D eigenvalue weighted by Gasteiger charge is 2.37. The molecule has 0 saturated heterocycles. The van der Waals surface area contributed by atoms with E-state index < -0.39 is 22.9 Å². The van der Waals surface area contributed by atoms with Crippen LogP contribution in [-0.4, -0.2) is 22.5 Å². The fraction of sp³-hybridized carbons (Fsp3) is 0.421. The average Bonchev–Trinajstić information content (AvgIpc) is 2.52. The van der Waals surface area contributed by atoms with Crippen molar-refractivity contribution in [3.05, 3.63) is 53.0 Å². The number of aliphatic hydroxyl groups is 1. The van der Waals surface area contributed by atoms with Crippen LogP contribution >= 0.6 is 12.0 Å². The summed E-state index contributed by atoms with van der Waals surface area (Å²) in [6.45, 7) is 12.1. The third-order valence-electron chi connectivity index (χ3n) is 3.96. The summed E-state index contributed by atoms with van der Waals surface area (Å²) in [7, 11) is 0. The summed E-state index contributed by atoms with van der Waals surface area (Å²) < 4.78 is 45.1. The number of rotatable bonds is 7. The van der Waals surface area contributed by atoms with Gasteiger partial charge >= 0.3 is 6.18 Å². The molecule has 0 unspecified atom stereocenters. The van der Waals surface area contributed by atoms with Crippen LogP contribution in [0.1, 0.15) is 45.7 Å². The van der Waals surface area contributed by atoms with Gasteiger partial charge < -0.3 is 9.29 Å². The molecule has 0 fully saturated rings. The number of alkyl halides is 3. The summed E-state index contributed by atoms with van der Waals surface area (Å²) in [4.78, 5) is 4.52. The highest BCUT2D eigenvalue weighted by Crippen LogP contribution is 2.35. The van der Waals surface area contributed by atoms with E-state index in [0.29, 0.717) is 4.91 Å². The quantitative estimate of drug-likeness (QED) is 0.470. The topological polar surface area (TPSA) is 41.8 Å². The zero-order valence-corrected chi connectivity index (χ0v) is 16.3. The second kappa shape index (κ2) is 8.41. The maximum Gasteiger partial charge on any atom is 0.417 e. The predicted octanol–water partition coefficient (Wildman–Crippen LogP) is 5.87. The van der Waals surface area contributed by atoms with E-state index in [1.807, 2.05) is 0 Å². The van der Waals surface area contributed by atoms with E-state index in [9.17, 15) is 18.3 Å². The van der Waals surface area contributed by atoms with Crippen molar-refractivity contribution in [3.63, 3.8) is 0 Å². The van der Waals surface area contributed by atoms with Crippen molar-refractivity contribution < 1.29 is 22.5 Å².